The summed E-state index contributed by atoms with van der Waals surface area (Å²) in [6.07, 6.45) is 4.53. The summed E-state index contributed by atoms with van der Waals surface area (Å²) in [6.45, 7) is 6.09. The molecule has 0 saturated carbocycles. The van der Waals surface area contributed by atoms with Crippen LogP contribution in [0.5, 0.6) is 0 Å². The van der Waals surface area contributed by atoms with E-state index >= 15 is 0 Å². The summed E-state index contributed by atoms with van der Waals surface area (Å²) in [5.41, 5.74) is 3.12. The van der Waals surface area contributed by atoms with E-state index in [4.69, 9.17) is 0 Å². The van der Waals surface area contributed by atoms with E-state index < -0.39 is 0 Å². The quantitative estimate of drug-likeness (QED) is 0.658. The molecule has 31 heavy (non-hydrogen) atoms. The first-order valence-electron chi connectivity index (χ1n) is 10.7. The van der Waals surface area contributed by atoms with Crippen LogP contribution in [0, 0.1) is 5.92 Å². The summed E-state index contributed by atoms with van der Waals surface area (Å²) in [7, 11) is 4.24. The summed E-state index contributed by atoms with van der Waals surface area (Å²) in [4.78, 5) is 29.1. The van der Waals surface area contributed by atoms with Crippen molar-refractivity contribution in [3.8, 4) is 0 Å². The summed E-state index contributed by atoms with van der Waals surface area (Å²) in [5, 5.41) is 5.72. The standard InChI is InChI=1S/C25H32N4O2/c1-18(2)5-14-24(30)26-20-8-6-19(7-9-20)25(31)27-21-10-12-22(13-11-21)29-16-15-23(17-29)28(3)4/h5-14,18,23H,15-17H2,1-4H3,(H,26,30)(H,27,31)/b14-5+. The van der Waals surface area contributed by atoms with Gasteiger partial charge >= 0.3 is 0 Å². The molecule has 1 atom stereocenters. The number of likely N-dealkylation sites (N-methyl/N-ethyl adjacent to an activating group) is 1. The smallest absolute Gasteiger partial charge is 0.255 e. The SMILES string of the molecule is CC(C)/C=C/C(=O)Nc1ccc(C(=O)Nc2ccc(N3CCC(N(C)C)C3)cc2)cc1. The predicted molar refractivity (Wildman–Crippen MR) is 128 cm³/mol. The molecule has 2 aromatic rings. The van der Waals surface area contributed by atoms with E-state index in [0.29, 0.717) is 23.2 Å². The molecular formula is C25H32N4O2. The molecule has 164 valence electrons. The Bertz CT molecular complexity index is 918. The second-order valence-corrected chi connectivity index (χ2v) is 8.52. The Morgan fingerprint density at radius 3 is 2.19 bits per heavy atom. The van der Waals surface area contributed by atoms with Crippen LogP contribution in [0.4, 0.5) is 17.1 Å². The van der Waals surface area contributed by atoms with Crippen LogP contribution >= 0.6 is 0 Å². The number of nitrogens with zero attached hydrogens (tertiary/aromatic N) is 2. The zero-order valence-corrected chi connectivity index (χ0v) is 18.8. The van der Waals surface area contributed by atoms with E-state index in [1.807, 2.05) is 32.1 Å². The van der Waals surface area contributed by atoms with Crippen LogP contribution in [0.1, 0.15) is 30.6 Å². The molecule has 3 rings (SSSR count). The molecular weight excluding hydrogens is 388 g/mol. The topological polar surface area (TPSA) is 64.7 Å². The van der Waals surface area contributed by atoms with Crippen molar-refractivity contribution >= 4 is 28.9 Å². The summed E-state index contributed by atoms with van der Waals surface area (Å²) in [5.74, 6) is -0.0451. The lowest BCUT2D eigenvalue weighted by atomic mass is 10.1. The van der Waals surface area contributed by atoms with Crippen molar-refractivity contribution in [1.82, 2.24) is 4.90 Å². The van der Waals surface area contributed by atoms with Gasteiger partial charge in [-0.1, -0.05) is 19.9 Å². The maximum atomic E-state index is 12.6. The van der Waals surface area contributed by atoms with Gasteiger partial charge in [-0.25, -0.2) is 0 Å². The molecule has 0 spiro atoms. The summed E-state index contributed by atoms with van der Waals surface area (Å²) in [6, 6.07) is 15.4. The van der Waals surface area contributed by atoms with Gasteiger partial charge in [0.2, 0.25) is 5.91 Å². The van der Waals surface area contributed by atoms with Crippen LogP contribution in [-0.4, -0.2) is 49.9 Å². The molecule has 6 nitrogen and oxygen atoms in total. The van der Waals surface area contributed by atoms with Gasteiger partial charge in [0.1, 0.15) is 0 Å². The van der Waals surface area contributed by atoms with Crippen LogP contribution in [0.25, 0.3) is 0 Å². The first kappa shape index (κ1) is 22.6. The fraction of sp³-hybridized carbons (Fsp3) is 0.360. The number of carbonyl (C=O) groups is 2. The highest BCUT2D eigenvalue weighted by Gasteiger charge is 2.23. The zero-order valence-electron chi connectivity index (χ0n) is 18.8. The van der Waals surface area contributed by atoms with Crippen LogP contribution in [0.3, 0.4) is 0 Å². The lowest BCUT2D eigenvalue weighted by Crippen LogP contribution is -2.31. The van der Waals surface area contributed by atoms with Crippen LogP contribution in [0.2, 0.25) is 0 Å². The van der Waals surface area contributed by atoms with E-state index in [1.54, 1.807) is 24.3 Å². The molecule has 1 heterocycles. The van der Waals surface area contributed by atoms with Crippen molar-refractivity contribution in [2.24, 2.45) is 5.92 Å². The van der Waals surface area contributed by atoms with Crippen LogP contribution in [-0.2, 0) is 4.79 Å². The minimum Gasteiger partial charge on any atom is -0.370 e. The van der Waals surface area contributed by atoms with Crippen LogP contribution < -0.4 is 15.5 Å². The molecule has 1 aliphatic heterocycles. The van der Waals surface area contributed by atoms with Gasteiger partial charge in [0.25, 0.3) is 5.91 Å². The molecule has 0 aliphatic carbocycles. The number of hydrogen-bond acceptors (Lipinski definition) is 4. The number of carbonyl (C=O) groups excluding carboxylic acids is 2. The maximum Gasteiger partial charge on any atom is 0.255 e. The van der Waals surface area contributed by atoms with E-state index in [1.165, 1.54) is 11.8 Å². The molecule has 1 saturated heterocycles. The van der Waals surface area contributed by atoms with Crippen molar-refractivity contribution in [3.05, 3.63) is 66.2 Å². The lowest BCUT2D eigenvalue weighted by Gasteiger charge is -2.22. The Labute approximate surface area is 184 Å². The van der Waals surface area contributed by atoms with Crippen molar-refractivity contribution in [2.45, 2.75) is 26.3 Å². The predicted octanol–water partition coefficient (Wildman–Crippen LogP) is 4.23. The van der Waals surface area contributed by atoms with Crippen molar-refractivity contribution < 1.29 is 9.59 Å². The number of anilines is 3. The van der Waals surface area contributed by atoms with E-state index in [9.17, 15) is 9.59 Å². The first-order valence-corrected chi connectivity index (χ1v) is 10.7. The maximum absolute atomic E-state index is 12.6. The fourth-order valence-corrected chi connectivity index (χ4v) is 3.53. The second kappa shape index (κ2) is 10.3. The molecule has 1 unspecified atom stereocenters. The van der Waals surface area contributed by atoms with Gasteiger partial charge in [0.05, 0.1) is 0 Å². The molecule has 0 aromatic heterocycles. The van der Waals surface area contributed by atoms with Gasteiger partial charge in [-0.05, 0) is 81.0 Å². The molecule has 1 aliphatic rings. The van der Waals surface area contributed by atoms with Gasteiger partial charge in [-0.3, -0.25) is 9.59 Å². The van der Waals surface area contributed by atoms with Gasteiger partial charge in [0.15, 0.2) is 0 Å². The lowest BCUT2D eigenvalue weighted by molar-refractivity contribution is -0.111. The Hall–Kier alpha value is -3.12. The van der Waals surface area contributed by atoms with E-state index in [-0.39, 0.29) is 11.8 Å². The normalized spacial score (nSPS) is 16.3. The van der Waals surface area contributed by atoms with Crippen molar-refractivity contribution in [1.29, 1.82) is 0 Å². The van der Waals surface area contributed by atoms with Gasteiger partial charge < -0.3 is 20.4 Å². The second-order valence-electron chi connectivity index (χ2n) is 8.52. The first-order chi connectivity index (χ1) is 14.8. The molecule has 0 radical (unpaired) electrons. The van der Waals surface area contributed by atoms with Crippen molar-refractivity contribution in [2.75, 3.05) is 42.7 Å². The molecule has 2 amide bonds. The Kier molecular flexibility index (Phi) is 7.47. The van der Waals surface area contributed by atoms with Crippen LogP contribution in [0.15, 0.2) is 60.7 Å². The average molecular weight is 421 g/mol. The van der Waals surface area contributed by atoms with E-state index in [2.05, 4.69) is 46.7 Å². The third-order valence-electron chi connectivity index (χ3n) is 5.43. The third kappa shape index (κ3) is 6.43. The number of hydrogen-bond donors (Lipinski definition) is 2. The summed E-state index contributed by atoms with van der Waals surface area (Å²) >= 11 is 0. The molecule has 0 bridgehead atoms. The molecule has 2 aromatic carbocycles. The van der Waals surface area contributed by atoms with Gasteiger partial charge in [0, 0.05) is 41.8 Å². The van der Waals surface area contributed by atoms with Crippen molar-refractivity contribution in [3.63, 3.8) is 0 Å². The zero-order chi connectivity index (χ0) is 22.4. The third-order valence-corrected chi connectivity index (χ3v) is 5.43. The Morgan fingerprint density at radius 1 is 1.00 bits per heavy atom. The minimum atomic E-state index is -0.181. The number of nitrogens with one attached hydrogen (secondary N) is 2. The Morgan fingerprint density at radius 2 is 1.61 bits per heavy atom. The molecule has 6 heteroatoms. The molecule has 2 N–H and O–H groups in total. The summed E-state index contributed by atoms with van der Waals surface area (Å²) < 4.78 is 0. The monoisotopic (exact) mass is 420 g/mol. The highest BCUT2D eigenvalue weighted by atomic mass is 16.2. The largest absolute Gasteiger partial charge is 0.370 e. The van der Waals surface area contributed by atoms with Gasteiger partial charge in [-0.15, -0.1) is 0 Å². The fourth-order valence-electron chi connectivity index (χ4n) is 3.53. The number of rotatable bonds is 7. The highest BCUT2D eigenvalue weighted by Crippen LogP contribution is 2.24. The minimum absolute atomic E-state index is 0.180. The average Bonchev–Trinajstić information content (AvgIpc) is 3.24. The number of benzene rings is 2. The Balaban J connectivity index is 1.55. The molecule has 1 fully saturated rings. The number of amides is 2. The van der Waals surface area contributed by atoms with Gasteiger partial charge in [-0.2, -0.15) is 0 Å². The number of allylic oxidation sites excluding steroid dienone is 1. The van der Waals surface area contributed by atoms with E-state index in [0.717, 1.165) is 25.2 Å². The highest BCUT2D eigenvalue weighted by molar-refractivity contribution is 6.05.